The third-order valence-corrected chi connectivity index (χ3v) is 0.406. The van der Waals surface area contributed by atoms with Crippen molar-refractivity contribution >= 4 is 24.8 Å². The number of carboxylic acids is 1. The minimum absolute atomic E-state index is 0. The summed E-state index contributed by atoms with van der Waals surface area (Å²) in [5, 5.41) is 24.3. The van der Waals surface area contributed by atoms with E-state index < -0.39 is 12.1 Å². The molecular formula is C3H4Na2O5S. The molecule has 0 rings (SSSR count). The van der Waals surface area contributed by atoms with E-state index in [9.17, 15) is 4.79 Å². The summed E-state index contributed by atoms with van der Waals surface area (Å²) in [4.78, 5) is 17.6. The van der Waals surface area contributed by atoms with Crippen LogP contribution in [0.5, 0.6) is 0 Å². The first-order chi connectivity index (χ1) is 4.00. The Morgan fingerprint density at radius 2 is 1.36 bits per heavy atom. The van der Waals surface area contributed by atoms with Crippen LogP contribution in [0.4, 0.5) is 4.79 Å². The number of hydrogen-bond donors (Lipinski definition) is 2. The zero-order valence-electron chi connectivity index (χ0n) is 6.23. The van der Waals surface area contributed by atoms with Crippen molar-refractivity contribution in [2.75, 3.05) is 5.75 Å². The molecule has 0 spiro atoms. The molecule has 0 amide bonds. The predicted octanol–water partition coefficient (Wildman–Crippen LogP) is -8.44. The molecule has 0 saturated heterocycles. The summed E-state index contributed by atoms with van der Waals surface area (Å²) in [6.45, 7) is 0. The van der Waals surface area contributed by atoms with E-state index in [1.54, 1.807) is 0 Å². The van der Waals surface area contributed by atoms with Gasteiger partial charge in [-0.15, -0.1) is 0 Å². The quantitative estimate of drug-likeness (QED) is 0.322. The van der Waals surface area contributed by atoms with E-state index in [0.717, 1.165) is 0 Å². The number of hydrogen-bond acceptors (Lipinski definition) is 5. The van der Waals surface area contributed by atoms with Crippen molar-refractivity contribution in [1.29, 1.82) is 0 Å². The Bertz CT molecular complexity index is 104. The number of aliphatic carboxylic acids is 1. The van der Waals surface area contributed by atoms with E-state index in [1.165, 1.54) is 0 Å². The second-order valence-corrected chi connectivity index (χ2v) is 1.12. The maximum absolute atomic E-state index is 9.29. The first-order valence-corrected chi connectivity index (χ1v) is 2.34. The monoisotopic (exact) mass is 198 g/mol. The van der Waals surface area contributed by atoms with Gasteiger partial charge in [-0.3, -0.25) is 4.79 Å². The Balaban J connectivity index is -0.0000000383. The van der Waals surface area contributed by atoms with Crippen molar-refractivity contribution in [3.63, 3.8) is 0 Å². The first-order valence-electron chi connectivity index (χ1n) is 1.71. The first kappa shape index (κ1) is 22.7. The molecule has 54 valence electrons. The molecule has 0 heterocycles. The minimum Gasteiger partial charge on any atom is -0.652 e. The van der Waals surface area contributed by atoms with Crippen molar-refractivity contribution < 1.29 is 84.0 Å². The van der Waals surface area contributed by atoms with Crippen molar-refractivity contribution in [1.82, 2.24) is 0 Å². The summed E-state index contributed by atoms with van der Waals surface area (Å²) in [6, 6.07) is 0. The average molecular weight is 198 g/mol. The van der Waals surface area contributed by atoms with Crippen LogP contribution in [0.15, 0.2) is 0 Å². The molecule has 11 heavy (non-hydrogen) atoms. The second kappa shape index (κ2) is 17.3. The van der Waals surface area contributed by atoms with E-state index in [1.807, 2.05) is 0 Å². The van der Waals surface area contributed by atoms with Crippen LogP contribution in [0, 0.1) is 0 Å². The van der Waals surface area contributed by atoms with Gasteiger partial charge in [-0.05, 0) is 6.16 Å². The molecule has 0 radical (unpaired) electrons. The van der Waals surface area contributed by atoms with Gasteiger partial charge in [0.2, 0.25) is 0 Å². The molecule has 0 aromatic carbocycles. The maximum Gasteiger partial charge on any atom is 1.00 e. The van der Waals surface area contributed by atoms with Gasteiger partial charge >= 0.3 is 65.1 Å². The van der Waals surface area contributed by atoms with Crippen LogP contribution < -0.4 is 69.3 Å². The Morgan fingerprint density at radius 1 is 1.27 bits per heavy atom. The molecule has 0 bridgehead atoms. The van der Waals surface area contributed by atoms with E-state index in [2.05, 4.69) is 12.6 Å². The Morgan fingerprint density at radius 3 is 1.36 bits per heavy atom. The van der Waals surface area contributed by atoms with Gasteiger partial charge in [-0.1, -0.05) is 0 Å². The fourth-order valence-corrected chi connectivity index (χ4v) is 0. The molecule has 0 aliphatic carbocycles. The summed E-state index contributed by atoms with van der Waals surface area (Å²) in [7, 11) is 0. The number of carbonyl (C=O) groups is 2. The molecule has 0 aromatic rings. The fraction of sp³-hybridized carbons (Fsp3) is 0.333. The van der Waals surface area contributed by atoms with Crippen LogP contribution in [0.25, 0.3) is 0 Å². The molecule has 0 fully saturated rings. The van der Waals surface area contributed by atoms with Crippen LogP contribution in [0.3, 0.4) is 0 Å². The van der Waals surface area contributed by atoms with Gasteiger partial charge in [-0.2, -0.15) is 12.6 Å². The number of carboxylic acid groups (broad SMARTS) is 3. The molecule has 0 unspecified atom stereocenters. The van der Waals surface area contributed by atoms with Gasteiger partial charge in [0.25, 0.3) is 0 Å². The smallest absolute Gasteiger partial charge is 0.652 e. The van der Waals surface area contributed by atoms with Crippen molar-refractivity contribution in [2.24, 2.45) is 0 Å². The molecule has 0 saturated carbocycles. The van der Waals surface area contributed by atoms with Crippen LogP contribution in [0.1, 0.15) is 0 Å². The fourth-order valence-electron chi connectivity index (χ4n) is 0. The molecule has 5 nitrogen and oxygen atoms in total. The normalized spacial score (nSPS) is 5.55. The predicted molar refractivity (Wildman–Crippen MR) is 26.9 cm³/mol. The molecule has 0 aliphatic heterocycles. The van der Waals surface area contributed by atoms with Gasteiger partial charge in [0, 0.05) is 0 Å². The van der Waals surface area contributed by atoms with Crippen LogP contribution in [-0.4, -0.2) is 23.0 Å². The molecule has 0 atom stereocenters. The minimum atomic E-state index is -2.33. The average Bonchev–Trinajstić information content (AvgIpc) is 1.65. The summed E-state index contributed by atoms with van der Waals surface area (Å²) in [5.74, 6) is -0.965. The van der Waals surface area contributed by atoms with Crippen LogP contribution in [-0.2, 0) is 4.79 Å². The second-order valence-electron chi connectivity index (χ2n) is 0.802. The molecule has 8 heteroatoms. The van der Waals surface area contributed by atoms with Crippen molar-refractivity contribution in [2.45, 2.75) is 0 Å². The van der Waals surface area contributed by atoms with Crippen molar-refractivity contribution in [3.05, 3.63) is 0 Å². The Labute approximate surface area is 113 Å². The summed E-state index contributed by atoms with van der Waals surface area (Å²) >= 11 is 3.42. The topological polar surface area (TPSA) is 100 Å². The zero-order chi connectivity index (χ0) is 7.86. The van der Waals surface area contributed by atoms with Gasteiger partial charge in [0.15, 0.2) is 0 Å². The Hall–Kier alpha value is 1.09. The van der Waals surface area contributed by atoms with Gasteiger partial charge < -0.3 is 20.1 Å². The number of carbonyl (C=O) groups excluding carboxylic acids is 1. The van der Waals surface area contributed by atoms with E-state index in [0.29, 0.717) is 0 Å². The number of rotatable bonds is 1. The third-order valence-electron chi connectivity index (χ3n) is 0.135. The molecule has 0 aromatic heterocycles. The zero-order valence-corrected chi connectivity index (χ0v) is 11.1. The molecule has 0 aliphatic rings. The van der Waals surface area contributed by atoms with Crippen molar-refractivity contribution in [3.8, 4) is 0 Å². The van der Waals surface area contributed by atoms with E-state index in [-0.39, 0.29) is 64.9 Å². The maximum atomic E-state index is 9.29. The summed E-state index contributed by atoms with van der Waals surface area (Å²) in [6.07, 6.45) is -2.33. The van der Waals surface area contributed by atoms with Gasteiger partial charge in [0.05, 0.1) is 5.75 Å². The van der Waals surface area contributed by atoms with E-state index >= 15 is 0 Å². The number of thiol groups is 1. The van der Waals surface area contributed by atoms with E-state index in [4.69, 9.17) is 20.1 Å². The molecule has 1 N–H and O–H groups in total. The van der Waals surface area contributed by atoms with Crippen LogP contribution >= 0.6 is 12.6 Å². The summed E-state index contributed by atoms with van der Waals surface area (Å²) in [5.41, 5.74) is 0. The largest absolute Gasteiger partial charge is 1.00 e. The van der Waals surface area contributed by atoms with Gasteiger partial charge in [-0.25, -0.2) is 0 Å². The summed E-state index contributed by atoms with van der Waals surface area (Å²) < 4.78 is 0. The van der Waals surface area contributed by atoms with Gasteiger partial charge in [0.1, 0.15) is 0 Å². The standard InChI is InChI=1S/C2H4O2S.CH2O3.2Na/c3-2(4)1-5;2-1(3)4;;/h5H,1H2,(H,3,4);(H2,2,3,4);;/q;;2*+1/p-2. The molecular weight excluding hydrogens is 194 g/mol. The Kier molecular flexibility index (Phi) is 35.6. The SMILES string of the molecule is O=C(O)CS.O=C([O-])[O-].[Na+].[Na+]. The van der Waals surface area contributed by atoms with Crippen LogP contribution in [0.2, 0.25) is 0 Å². The third kappa shape index (κ3) is 96.0.